The van der Waals surface area contributed by atoms with E-state index in [2.05, 4.69) is 27.4 Å². The van der Waals surface area contributed by atoms with Crippen LogP contribution in [-0.4, -0.2) is 11.2 Å². The lowest BCUT2D eigenvalue weighted by Gasteiger charge is -2.34. The second kappa shape index (κ2) is 3.45. The number of hydrogen-bond donors (Lipinski definition) is 1. The molecule has 0 aliphatic heterocycles. The van der Waals surface area contributed by atoms with Crippen LogP contribution in [0.5, 0.6) is 0 Å². The molecule has 3 unspecified atom stereocenters. The Hall–Kier alpha value is -0.300. The van der Waals surface area contributed by atoms with Crippen molar-refractivity contribution in [3.63, 3.8) is 0 Å². The first kappa shape index (κ1) is 10.8. The highest BCUT2D eigenvalue weighted by Gasteiger charge is 2.43. The molecule has 0 aromatic rings. The fourth-order valence-corrected chi connectivity index (χ4v) is 2.45. The summed E-state index contributed by atoms with van der Waals surface area (Å²) in [5.74, 6) is 1.12. The molecule has 1 fully saturated rings. The van der Waals surface area contributed by atoms with Gasteiger partial charge in [-0.15, -0.1) is 0 Å². The van der Waals surface area contributed by atoms with E-state index < -0.39 is 0 Å². The molecular weight excluding hydrogens is 160 g/mol. The maximum absolute atomic E-state index is 9.98. The predicted molar refractivity (Wildman–Crippen MR) is 56.5 cm³/mol. The van der Waals surface area contributed by atoms with Crippen molar-refractivity contribution in [3.05, 3.63) is 12.2 Å². The molecular formula is C12H22O. The summed E-state index contributed by atoms with van der Waals surface area (Å²) in [7, 11) is 0. The Bertz CT molecular complexity index is 205. The molecule has 0 saturated heterocycles. The van der Waals surface area contributed by atoms with Crippen LogP contribution in [0.2, 0.25) is 0 Å². The van der Waals surface area contributed by atoms with Gasteiger partial charge in [-0.1, -0.05) is 32.9 Å². The van der Waals surface area contributed by atoms with Gasteiger partial charge in [0.1, 0.15) is 0 Å². The quantitative estimate of drug-likeness (QED) is 0.651. The van der Waals surface area contributed by atoms with Gasteiger partial charge in [0.15, 0.2) is 0 Å². The number of aliphatic hydroxyl groups excluding tert-OH is 1. The summed E-state index contributed by atoms with van der Waals surface area (Å²) in [4.78, 5) is 0. The van der Waals surface area contributed by atoms with E-state index in [0.29, 0.717) is 11.8 Å². The molecule has 0 spiro atoms. The molecule has 0 bridgehead atoms. The van der Waals surface area contributed by atoms with Gasteiger partial charge >= 0.3 is 0 Å². The molecule has 76 valence electrons. The Morgan fingerprint density at radius 3 is 2.31 bits per heavy atom. The summed E-state index contributed by atoms with van der Waals surface area (Å²) >= 11 is 0. The minimum atomic E-state index is -0.306. The van der Waals surface area contributed by atoms with Crippen molar-refractivity contribution in [2.45, 2.75) is 46.6 Å². The summed E-state index contributed by atoms with van der Waals surface area (Å²) in [5.41, 5.74) is 1.17. The summed E-state index contributed by atoms with van der Waals surface area (Å²) in [6.07, 6.45) is 2.07. The van der Waals surface area contributed by atoms with Gasteiger partial charge in [0.2, 0.25) is 0 Å². The van der Waals surface area contributed by atoms with Crippen LogP contribution in [-0.2, 0) is 0 Å². The number of hydrogen-bond acceptors (Lipinski definition) is 1. The zero-order valence-electron chi connectivity index (χ0n) is 9.30. The molecule has 13 heavy (non-hydrogen) atoms. The normalized spacial score (nSPS) is 34.5. The van der Waals surface area contributed by atoms with Crippen molar-refractivity contribution >= 4 is 0 Å². The first-order valence-corrected chi connectivity index (χ1v) is 5.20. The van der Waals surface area contributed by atoms with E-state index in [4.69, 9.17) is 0 Å². The molecule has 1 heteroatoms. The average Bonchev–Trinajstić information content (AvgIpc) is 2.26. The van der Waals surface area contributed by atoms with Gasteiger partial charge in [-0.3, -0.25) is 0 Å². The average molecular weight is 182 g/mol. The highest BCUT2D eigenvalue weighted by molar-refractivity contribution is 5.06. The summed E-state index contributed by atoms with van der Waals surface area (Å²) in [6, 6.07) is 0. The summed E-state index contributed by atoms with van der Waals surface area (Å²) in [6.45, 7) is 12.6. The monoisotopic (exact) mass is 182 g/mol. The van der Waals surface area contributed by atoms with Gasteiger partial charge in [-0.2, -0.15) is 0 Å². The molecule has 0 aromatic carbocycles. The Kier molecular flexibility index (Phi) is 2.86. The van der Waals surface area contributed by atoms with Gasteiger partial charge in [-0.05, 0) is 37.0 Å². The van der Waals surface area contributed by atoms with Crippen molar-refractivity contribution < 1.29 is 5.11 Å². The Balaban J connectivity index is 2.77. The van der Waals surface area contributed by atoms with Crippen molar-refractivity contribution in [2.24, 2.45) is 17.3 Å². The predicted octanol–water partition coefficient (Wildman–Crippen LogP) is 3.00. The van der Waals surface area contributed by atoms with E-state index in [1.54, 1.807) is 0 Å². The zero-order chi connectivity index (χ0) is 10.2. The summed E-state index contributed by atoms with van der Waals surface area (Å²) in [5, 5.41) is 9.98. The smallest absolute Gasteiger partial charge is 0.0778 e. The first-order valence-electron chi connectivity index (χ1n) is 5.20. The van der Waals surface area contributed by atoms with Crippen molar-refractivity contribution in [1.82, 2.24) is 0 Å². The maximum Gasteiger partial charge on any atom is 0.0778 e. The molecule has 1 rings (SSSR count). The van der Waals surface area contributed by atoms with Crippen LogP contribution in [0.15, 0.2) is 12.2 Å². The third kappa shape index (κ3) is 1.80. The van der Waals surface area contributed by atoms with Crippen LogP contribution in [0.25, 0.3) is 0 Å². The molecule has 0 amide bonds. The van der Waals surface area contributed by atoms with Crippen LogP contribution in [0.4, 0.5) is 0 Å². The molecule has 1 N–H and O–H groups in total. The van der Waals surface area contributed by atoms with Crippen LogP contribution in [0.1, 0.15) is 40.5 Å². The Labute approximate surface area is 81.9 Å². The SMILES string of the molecule is C=C(C)C(O)C1CCC(C)C1(C)C. The molecule has 0 aromatic heterocycles. The van der Waals surface area contributed by atoms with Gasteiger partial charge in [-0.25, -0.2) is 0 Å². The van der Waals surface area contributed by atoms with E-state index in [9.17, 15) is 5.11 Å². The highest BCUT2D eigenvalue weighted by Crippen LogP contribution is 2.49. The molecule has 1 aliphatic carbocycles. The van der Waals surface area contributed by atoms with Crippen molar-refractivity contribution in [1.29, 1.82) is 0 Å². The Morgan fingerprint density at radius 1 is 1.46 bits per heavy atom. The van der Waals surface area contributed by atoms with Crippen LogP contribution >= 0.6 is 0 Å². The van der Waals surface area contributed by atoms with Crippen molar-refractivity contribution in [2.75, 3.05) is 0 Å². The van der Waals surface area contributed by atoms with E-state index >= 15 is 0 Å². The van der Waals surface area contributed by atoms with Gasteiger partial charge in [0, 0.05) is 0 Å². The van der Waals surface area contributed by atoms with E-state index in [0.717, 1.165) is 12.0 Å². The minimum absolute atomic E-state index is 0.262. The second-order valence-electron chi connectivity index (χ2n) is 5.20. The van der Waals surface area contributed by atoms with E-state index in [1.807, 2.05) is 6.92 Å². The van der Waals surface area contributed by atoms with Gasteiger partial charge in [0.25, 0.3) is 0 Å². The van der Waals surface area contributed by atoms with Crippen LogP contribution in [0, 0.1) is 17.3 Å². The lowest BCUT2D eigenvalue weighted by atomic mass is 9.73. The maximum atomic E-state index is 9.98. The largest absolute Gasteiger partial charge is 0.388 e. The standard InChI is InChI=1S/C12H22O/c1-8(2)11(13)10-7-6-9(3)12(10,4)5/h9-11,13H,1,6-7H2,2-5H3. The molecule has 1 aliphatic rings. The molecule has 1 nitrogen and oxygen atoms in total. The fraction of sp³-hybridized carbons (Fsp3) is 0.833. The lowest BCUT2D eigenvalue weighted by Crippen LogP contribution is -2.33. The topological polar surface area (TPSA) is 20.2 Å². The highest BCUT2D eigenvalue weighted by atomic mass is 16.3. The van der Waals surface area contributed by atoms with Crippen molar-refractivity contribution in [3.8, 4) is 0 Å². The third-order valence-corrected chi connectivity index (χ3v) is 4.02. The second-order valence-corrected chi connectivity index (χ2v) is 5.20. The minimum Gasteiger partial charge on any atom is -0.388 e. The van der Waals surface area contributed by atoms with Crippen LogP contribution in [0.3, 0.4) is 0 Å². The van der Waals surface area contributed by atoms with Gasteiger partial charge < -0.3 is 5.11 Å². The third-order valence-electron chi connectivity index (χ3n) is 4.02. The van der Waals surface area contributed by atoms with Crippen LogP contribution < -0.4 is 0 Å². The zero-order valence-corrected chi connectivity index (χ0v) is 9.30. The number of aliphatic hydroxyl groups is 1. The van der Waals surface area contributed by atoms with Gasteiger partial charge in [0.05, 0.1) is 6.10 Å². The van der Waals surface area contributed by atoms with E-state index in [-0.39, 0.29) is 11.5 Å². The summed E-state index contributed by atoms with van der Waals surface area (Å²) < 4.78 is 0. The number of rotatable bonds is 2. The Morgan fingerprint density at radius 2 is 2.00 bits per heavy atom. The lowest BCUT2D eigenvalue weighted by molar-refractivity contribution is 0.0645. The first-order chi connectivity index (χ1) is 5.87. The molecule has 1 saturated carbocycles. The molecule has 3 atom stereocenters. The molecule has 0 heterocycles. The van der Waals surface area contributed by atoms with E-state index in [1.165, 1.54) is 6.42 Å². The fourth-order valence-electron chi connectivity index (χ4n) is 2.45. The molecule has 0 radical (unpaired) electrons.